The first-order valence-corrected chi connectivity index (χ1v) is 16.2. The van der Waals surface area contributed by atoms with Crippen molar-refractivity contribution in [3.8, 4) is 16.9 Å². The van der Waals surface area contributed by atoms with Crippen molar-refractivity contribution >= 4 is 22.1 Å². The molecule has 0 saturated carbocycles. The summed E-state index contributed by atoms with van der Waals surface area (Å²) >= 11 is 0. The Kier molecular flexibility index (Phi) is 9.13. The molecular weight excluding hydrogens is 590 g/mol. The van der Waals surface area contributed by atoms with Gasteiger partial charge in [0.1, 0.15) is 22.9 Å². The fourth-order valence-electron chi connectivity index (χ4n) is 5.56. The maximum Gasteiger partial charge on any atom is 0.339 e. The number of hydrogen-bond acceptors (Lipinski definition) is 8. The van der Waals surface area contributed by atoms with E-state index in [4.69, 9.17) is 19.4 Å². The van der Waals surface area contributed by atoms with Crippen LogP contribution in [0.5, 0.6) is 5.75 Å². The van der Waals surface area contributed by atoms with Crippen molar-refractivity contribution in [1.82, 2.24) is 0 Å². The molecular formula is C36H37NO7S. The Labute approximate surface area is 264 Å². The van der Waals surface area contributed by atoms with Gasteiger partial charge in [-0.1, -0.05) is 78.4 Å². The highest BCUT2D eigenvalue weighted by molar-refractivity contribution is 7.87. The van der Waals surface area contributed by atoms with Crippen molar-refractivity contribution in [2.75, 3.05) is 6.61 Å². The molecule has 0 aromatic heterocycles. The third kappa shape index (κ3) is 7.44. The minimum Gasteiger partial charge on any atom is -0.464 e. The first kappa shape index (κ1) is 31.9. The van der Waals surface area contributed by atoms with Crippen LogP contribution in [0.15, 0.2) is 102 Å². The summed E-state index contributed by atoms with van der Waals surface area (Å²) in [6, 6.07) is 27.4. The monoisotopic (exact) mass is 627 g/mol. The Morgan fingerprint density at radius 3 is 1.93 bits per heavy atom. The molecule has 2 N–H and O–H groups in total. The zero-order chi connectivity index (χ0) is 32.4. The van der Waals surface area contributed by atoms with Crippen molar-refractivity contribution in [3.05, 3.63) is 119 Å². The predicted octanol–water partition coefficient (Wildman–Crippen LogP) is 6.26. The molecule has 45 heavy (non-hydrogen) atoms. The number of benzene rings is 4. The van der Waals surface area contributed by atoms with Gasteiger partial charge in [0.15, 0.2) is 0 Å². The molecule has 2 unspecified atom stereocenters. The summed E-state index contributed by atoms with van der Waals surface area (Å²) in [5.41, 5.74) is 11.5. The standard InChI is InChI=1S/C36H37NO7S/c1-23-13-19-26(20-14-23)45(40,41)44-25-17-15-24(16-18-25)34(32(37)21-33(38)43-36(2,3)4)35(39)42-22-31-29-11-7-5-9-27(29)28-10-6-8-12-30(28)31/h5-20,31-32,34H,21-22,37H2,1-4H3. The van der Waals surface area contributed by atoms with Crippen LogP contribution in [0.1, 0.15) is 61.3 Å². The van der Waals surface area contributed by atoms with Gasteiger partial charge in [-0.05, 0) is 79.8 Å². The zero-order valence-electron chi connectivity index (χ0n) is 25.7. The zero-order valence-corrected chi connectivity index (χ0v) is 26.5. The number of nitrogens with two attached hydrogens (primary N) is 1. The van der Waals surface area contributed by atoms with Crippen LogP contribution in [0, 0.1) is 6.92 Å². The third-order valence-electron chi connectivity index (χ3n) is 7.61. The van der Waals surface area contributed by atoms with Gasteiger partial charge in [-0.3, -0.25) is 9.59 Å². The first-order chi connectivity index (χ1) is 21.3. The van der Waals surface area contributed by atoms with Crippen LogP contribution < -0.4 is 9.92 Å². The quantitative estimate of drug-likeness (QED) is 0.162. The van der Waals surface area contributed by atoms with Crippen molar-refractivity contribution in [1.29, 1.82) is 0 Å². The van der Waals surface area contributed by atoms with E-state index < -0.39 is 39.6 Å². The van der Waals surface area contributed by atoms with Gasteiger partial charge in [-0.15, -0.1) is 0 Å². The summed E-state index contributed by atoms with van der Waals surface area (Å²) in [4.78, 5) is 26.5. The summed E-state index contributed by atoms with van der Waals surface area (Å²) in [5, 5.41) is 0. The number of esters is 2. The molecule has 0 bridgehead atoms. The van der Waals surface area contributed by atoms with E-state index in [0.29, 0.717) is 5.56 Å². The van der Waals surface area contributed by atoms with E-state index in [0.717, 1.165) is 27.8 Å². The molecule has 5 rings (SSSR count). The van der Waals surface area contributed by atoms with E-state index in [1.165, 1.54) is 24.3 Å². The highest BCUT2D eigenvalue weighted by atomic mass is 32.2. The van der Waals surface area contributed by atoms with Crippen molar-refractivity contribution in [2.45, 2.75) is 62.5 Å². The van der Waals surface area contributed by atoms with Crippen molar-refractivity contribution < 1.29 is 31.7 Å². The van der Waals surface area contributed by atoms with Gasteiger partial charge in [0.05, 0.1) is 12.3 Å². The summed E-state index contributed by atoms with van der Waals surface area (Å²) in [7, 11) is -4.07. The van der Waals surface area contributed by atoms with Crippen LogP contribution >= 0.6 is 0 Å². The number of fused-ring (bicyclic) bond motifs is 3. The van der Waals surface area contributed by atoms with E-state index in [2.05, 4.69) is 12.1 Å². The normalized spacial score (nSPS) is 14.2. The van der Waals surface area contributed by atoms with Gasteiger partial charge in [0, 0.05) is 12.0 Å². The minimum atomic E-state index is -4.07. The number of rotatable bonds is 10. The number of hydrogen-bond donors (Lipinski definition) is 1. The number of carbonyl (C=O) groups is 2. The molecule has 0 amide bonds. The summed E-state index contributed by atoms with van der Waals surface area (Å²) in [6.45, 7) is 7.20. The average Bonchev–Trinajstić information content (AvgIpc) is 3.29. The lowest BCUT2D eigenvalue weighted by atomic mass is 9.89. The van der Waals surface area contributed by atoms with Crippen molar-refractivity contribution in [3.63, 3.8) is 0 Å². The summed E-state index contributed by atoms with van der Waals surface area (Å²) < 4.78 is 42.3. The summed E-state index contributed by atoms with van der Waals surface area (Å²) in [5.74, 6) is -2.28. The highest BCUT2D eigenvalue weighted by Gasteiger charge is 2.34. The molecule has 0 saturated heterocycles. The molecule has 4 aromatic carbocycles. The molecule has 2 atom stereocenters. The van der Waals surface area contributed by atoms with Gasteiger partial charge in [-0.25, -0.2) is 0 Å². The van der Waals surface area contributed by atoms with E-state index in [1.54, 1.807) is 45.0 Å². The fraction of sp³-hybridized carbons (Fsp3) is 0.278. The molecule has 8 nitrogen and oxygen atoms in total. The van der Waals surface area contributed by atoms with Gasteiger partial charge >= 0.3 is 22.1 Å². The summed E-state index contributed by atoms with van der Waals surface area (Å²) in [6.07, 6.45) is -0.230. The van der Waals surface area contributed by atoms with E-state index in [9.17, 15) is 18.0 Å². The Balaban J connectivity index is 1.37. The van der Waals surface area contributed by atoms with Crippen LogP contribution in [0.2, 0.25) is 0 Å². The van der Waals surface area contributed by atoms with Crippen LogP contribution in [-0.4, -0.2) is 38.6 Å². The lowest BCUT2D eigenvalue weighted by molar-refractivity contribution is -0.155. The molecule has 234 valence electrons. The molecule has 1 aliphatic rings. The third-order valence-corrected chi connectivity index (χ3v) is 8.88. The van der Waals surface area contributed by atoms with Crippen molar-refractivity contribution in [2.24, 2.45) is 5.73 Å². The van der Waals surface area contributed by atoms with Crippen LogP contribution in [-0.2, 0) is 29.2 Å². The number of carbonyl (C=O) groups excluding carboxylic acids is 2. The Morgan fingerprint density at radius 2 is 1.38 bits per heavy atom. The number of aryl methyl sites for hydroxylation is 1. The Hall–Kier alpha value is -4.47. The molecule has 0 heterocycles. The van der Waals surface area contributed by atoms with Gasteiger partial charge in [0.2, 0.25) is 0 Å². The maximum atomic E-state index is 13.8. The highest BCUT2D eigenvalue weighted by Crippen LogP contribution is 2.44. The van der Waals surface area contributed by atoms with Crippen LogP contribution in [0.4, 0.5) is 0 Å². The van der Waals surface area contributed by atoms with E-state index in [1.807, 2.05) is 43.3 Å². The first-order valence-electron chi connectivity index (χ1n) is 14.8. The largest absolute Gasteiger partial charge is 0.464 e. The SMILES string of the molecule is Cc1ccc(S(=O)(=O)Oc2ccc(C(C(=O)OCC3c4ccccc4-c4ccccc43)C(N)CC(=O)OC(C)(C)C)cc2)cc1. The molecule has 4 aromatic rings. The molecule has 0 radical (unpaired) electrons. The van der Waals surface area contributed by atoms with E-state index in [-0.39, 0.29) is 29.6 Å². The molecule has 1 aliphatic carbocycles. The topological polar surface area (TPSA) is 122 Å². The number of ether oxygens (including phenoxy) is 2. The predicted molar refractivity (Wildman–Crippen MR) is 171 cm³/mol. The molecule has 0 spiro atoms. The second kappa shape index (κ2) is 12.9. The van der Waals surface area contributed by atoms with Crippen LogP contribution in [0.3, 0.4) is 0 Å². The molecule has 0 aliphatic heterocycles. The second-order valence-electron chi connectivity index (χ2n) is 12.2. The van der Waals surface area contributed by atoms with Gasteiger partial charge < -0.3 is 19.4 Å². The van der Waals surface area contributed by atoms with Gasteiger partial charge in [-0.2, -0.15) is 8.42 Å². The lowest BCUT2D eigenvalue weighted by Gasteiger charge is -2.25. The lowest BCUT2D eigenvalue weighted by Crippen LogP contribution is -2.38. The average molecular weight is 628 g/mol. The molecule has 0 fully saturated rings. The Bertz CT molecular complexity index is 1750. The van der Waals surface area contributed by atoms with Gasteiger partial charge in [0.25, 0.3) is 0 Å². The molecule has 9 heteroatoms. The van der Waals surface area contributed by atoms with E-state index >= 15 is 0 Å². The minimum absolute atomic E-state index is 0.0214. The maximum absolute atomic E-state index is 13.8. The smallest absolute Gasteiger partial charge is 0.339 e. The van der Waals surface area contributed by atoms with Crippen LogP contribution in [0.25, 0.3) is 11.1 Å². The second-order valence-corrected chi connectivity index (χ2v) is 13.8. The Morgan fingerprint density at radius 1 is 0.822 bits per heavy atom. The fourth-order valence-corrected chi connectivity index (χ4v) is 6.49.